The monoisotopic (exact) mass is 696 g/mol. The number of pyridine rings is 1. The molecule has 2 aromatic carbocycles. The highest BCUT2D eigenvalue weighted by atomic mass is 35.5. The summed E-state index contributed by atoms with van der Waals surface area (Å²) in [7, 11) is 0. The minimum absolute atomic E-state index is 0.123. The smallest absolute Gasteiger partial charge is 0.335 e. The SMILES string of the molecule is [C-]#[N+]C1(COc2cc(C(=O)O)cc3c2nc(CN2CCC(c4cccc5c4O[C@@](C)(c4ccc(Cl)cn4)O5)CC2)n3Cc2cncs2)CC1. The molecule has 3 aliphatic rings. The van der Waals surface area contributed by atoms with Crippen molar-refractivity contribution in [2.24, 2.45) is 0 Å². The van der Waals surface area contributed by atoms with Crippen LogP contribution in [0, 0.1) is 6.57 Å². The first-order chi connectivity index (χ1) is 23.7. The van der Waals surface area contributed by atoms with E-state index in [-0.39, 0.29) is 18.1 Å². The zero-order chi connectivity index (χ0) is 33.8. The first-order valence-corrected chi connectivity index (χ1v) is 17.5. The second-order valence-electron chi connectivity index (χ2n) is 13.1. The molecule has 2 aliphatic heterocycles. The fourth-order valence-electron chi connectivity index (χ4n) is 6.71. The van der Waals surface area contributed by atoms with Gasteiger partial charge in [-0.1, -0.05) is 23.7 Å². The maximum atomic E-state index is 12.2. The number of halogens is 1. The number of imidazole rings is 1. The van der Waals surface area contributed by atoms with E-state index in [4.69, 9.17) is 37.4 Å². The number of ether oxygens (including phenoxy) is 3. The zero-order valence-electron chi connectivity index (χ0n) is 26.8. The number of hydrogen-bond donors (Lipinski definition) is 1. The lowest BCUT2D eigenvalue weighted by Gasteiger charge is -2.32. The topological polar surface area (TPSA) is 116 Å². The molecule has 8 rings (SSSR count). The van der Waals surface area contributed by atoms with E-state index in [1.807, 2.05) is 31.3 Å². The maximum Gasteiger partial charge on any atom is 0.335 e. The van der Waals surface area contributed by atoms with Crippen molar-refractivity contribution in [1.82, 2.24) is 24.4 Å². The molecule has 1 aliphatic carbocycles. The Balaban J connectivity index is 1.04. The standard InChI is InChI=1S/C36H33ClN6O5S/c1-35(30-7-6-24(37)16-40-30)47-28-5-3-4-26(33(28)48-35)22-8-12-42(13-9-22)19-31-41-32-27(43(31)18-25-17-39-21-49-25)14-23(34(44)45)15-29(32)46-20-36(38-2)10-11-36/h3-7,14-17,21-22H,8-13,18-20H2,1H3,(H,44,45)/t35-/m0/s1. The predicted molar refractivity (Wildman–Crippen MR) is 184 cm³/mol. The van der Waals surface area contributed by atoms with Gasteiger partial charge in [0.15, 0.2) is 18.1 Å². The van der Waals surface area contributed by atoms with Crippen molar-refractivity contribution in [1.29, 1.82) is 0 Å². The lowest BCUT2D eigenvalue weighted by Crippen LogP contribution is -2.34. The number of hydrogen-bond acceptors (Lipinski definition) is 9. The van der Waals surface area contributed by atoms with Crippen molar-refractivity contribution in [3.05, 3.63) is 104 Å². The molecular formula is C36H33ClN6O5S. The van der Waals surface area contributed by atoms with Gasteiger partial charge in [0.25, 0.3) is 11.3 Å². The molecule has 250 valence electrons. The molecular weight excluding hydrogens is 664 g/mol. The Morgan fingerprint density at radius 3 is 2.69 bits per heavy atom. The van der Waals surface area contributed by atoms with Crippen molar-refractivity contribution < 1.29 is 24.1 Å². The van der Waals surface area contributed by atoms with Gasteiger partial charge in [-0.25, -0.2) is 16.4 Å². The molecule has 5 heterocycles. The Morgan fingerprint density at radius 1 is 1.16 bits per heavy atom. The van der Waals surface area contributed by atoms with E-state index in [0.717, 1.165) is 60.8 Å². The molecule has 3 aromatic heterocycles. The van der Waals surface area contributed by atoms with E-state index in [9.17, 15) is 9.90 Å². The van der Waals surface area contributed by atoms with Crippen molar-refractivity contribution in [3.8, 4) is 17.2 Å². The van der Waals surface area contributed by atoms with E-state index >= 15 is 0 Å². The van der Waals surface area contributed by atoms with Gasteiger partial charge in [-0.05, 0) is 62.2 Å². The van der Waals surface area contributed by atoms with E-state index in [1.54, 1.807) is 35.2 Å². The summed E-state index contributed by atoms with van der Waals surface area (Å²) in [5, 5.41) is 10.5. The molecule has 0 spiro atoms. The summed E-state index contributed by atoms with van der Waals surface area (Å²) in [4.78, 5) is 33.1. The highest BCUT2D eigenvalue weighted by Gasteiger charge is 2.52. The average molecular weight is 697 g/mol. The Hall–Kier alpha value is -4.70. The summed E-state index contributed by atoms with van der Waals surface area (Å²) in [6.45, 7) is 12.4. The highest BCUT2D eigenvalue weighted by Crippen LogP contribution is 2.49. The second-order valence-corrected chi connectivity index (χ2v) is 14.5. The molecule has 13 heteroatoms. The minimum atomic E-state index is -1.04. The van der Waals surface area contributed by atoms with Gasteiger partial charge in [0.1, 0.15) is 22.8 Å². The van der Waals surface area contributed by atoms with Crippen LogP contribution in [0.25, 0.3) is 15.9 Å². The number of thiazole rings is 1. The minimum Gasteiger partial charge on any atom is -0.483 e. The molecule has 0 radical (unpaired) electrons. The van der Waals surface area contributed by atoms with E-state index < -0.39 is 17.3 Å². The quantitative estimate of drug-likeness (QED) is 0.152. The normalized spacial score (nSPS) is 19.9. The molecule has 5 aromatic rings. The van der Waals surface area contributed by atoms with Crippen LogP contribution in [0.15, 0.2) is 60.4 Å². The van der Waals surface area contributed by atoms with Crippen LogP contribution in [0.4, 0.5) is 0 Å². The van der Waals surface area contributed by atoms with E-state index in [1.165, 1.54) is 6.07 Å². The second kappa shape index (κ2) is 12.3. The van der Waals surface area contributed by atoms with Crippen LogP contribution >= 0.6 is 22.9 Å². The van der Waals surface area contributed by atoms with Crippen LogP contribution in [0.2, 0.25) is 5.02 Å². The number of para-hydroxylation sites is 1. The molecule has 1 atom stereocenters. The van der Waals surface area contributed by atoms with Crippen molar-refractivity contribution in [2.75, 3.05) is 19.7 Å². The van der Waals surface area contributed by atoms with Gasteiger partial charge < -0.3 is 28.7 Å². The molecule has 1 saturated carbocycles. The third-order valence-electron chi connectivity index (χ3n) is 9.70. The molecule has 49 heavy (non-hydrogen) atoms. The number of aromatic carboxylic acids is 1. The van der Waals surface area contributed by atoms with Crippen LogP contribution in [0.5, 0.6) is 17.2 Å². The highest BCUT2D eigenvalue weighted by molar-refractivity contribution is 7.09. The zero-order valence-corrected chi connectivity index (χ0v) is 28.3. The summed E-state index contributed by atoms with van der Waals surface area (Å²) in [5.41, 5.74) is 4.47. The van der Waals surface area contributed by atoms with Crippen molar-refractivity contribution in [3.63, 3.8) is 0 Å². The Bertz CT molecular complexity index is 2080. The number of piperidine rings is 1. The number of benzene rings is 2. The molecule has 0 amide bonds. The lowest BCUT2D eigenvalue weighted by molar-refractivity contribution is -0.0722. The Kier molecular flexibility index (Phi) is 7.94. The first-order valence-electron chi connectivity index (χ1n) is 16.2. The third kappa shape index (κ3) is 6.07. The number of fused-ring (bicyclic) bond motifs is 2. The van der Waals surface area contributed by atoms with Gasteiger partial charge in [-0.15, -0.1) is 11.3 Å². The predicted octanol–water partition coefficient (Wildman–Crippen LogP) is 7.14. The van der Waals surface area contributed by atoms with Gasteiger partial charge in [-0.2, -0.15) is 0 Å². The van der Waals surface area contributed by atoms with Crippen molar-refractivity contribution in [2.45, 2.75) is 62.9 Å². The largest absolute Gasteiger partial charge is 0.483 e. The van der Waals surface area contributed by atoms with Gasteiger partial charge in [0.2, 0.25) is 0 Å². The van der Waals surface area contributed by atoms with Crippen LogP contribution < -0.4 is 14.2 Å². The summed E-state index contributed by atoms with van der Waals surface area (Å²) in [6.07, 6.45) is 6.82. The Labute approximate surface area is 291 Å². The van der Waals surface area contributed by atoms with Gasteiger partial charge in [0.05, 0.1) is 34.7 Å². The summed E-state index contributed by atoms with van der Waals surface area (Å²) >= 11 is 7.62. The lowest BCUT2D eigenvalue weighted by atomic mass is 9.88. The molecule has 0 unspecified atom stereocenters. The van der Waals surface area contributed by atoms with Crippen molar-refractivity contribution >= 4 is 39.9 Å². The fourth-order valence-corrected chi connectivity index (χ4v) is 7.41. The number of carbonyl (C=O) groups is 1. The Morgan fingerprint density at radius 2 is 2.00 bits per heavy atom. The number of likely N-dealkylation sites (tertiary alicyclic amines) is 1. The van der Waals surface area contributed by atoms with Crippen LogP contribution in [0.3, 0.4) is 0 Å². The van der Waals surface area contributed by atoms with Crippen LogP contribution in [-0.2, 0) is 18.9 Å². The molecule has 2 fully saturated rings. The van der Waals surface area contributed by atoms with Gasteiger partial charge in [-0.3, -0.25) is 14.9 Å². The number of rotatable bonds is 10. The molecule has 1 saturated heterocycles. The molecule has 11 nitrogen and oxygen atoms in total. The maximum absolute atomic E-state index is 12.2. The average Bonchev–Trinajstić information content (AvgIpc) is 3.36. The number of aromatic nitrogens is 4. The van der Waals surface area contributed by atoms with E-state index in [2.05, 4.69) is 30.3 Å². The van der Waals surface area contributed by atoms with Crippen LogP contribution in [-0.4, -0.2) is 60.7 Å². The molecule has 0 bridgehead atoms. The third-order valence-corrected chi connectivity index (χ3v) is 10.7. The fraction of sp³-hybridized carbons (Fsp3) is 0.361. The number of carboxylic acid groups (broad SMARTS) is 1. The first kappa shape index (κ1) is 31.6. The summed E-state index contributed by atoms with van der Waals surface area (Å²) in [6, 6.07) is 12.9. The van der Waals surface area contributed by atoms with E-state index in [0.29, 0.717) is 46.3 Å². The van der Waals surface area contributed by atoms with Gasteiger partial charge >= 0.3 is 5.97 Å². The number of carboxylic acids is 1. The summed E-state index contributed by atoms with van der Waals surface area (Å²) in [5.74, 6) is 0.885. The molecule has 1 N–H and O–H groups in total. The van der Waals surface area contributed by atoms with Crippen LogP contribution in [0.1, 0.15) is 70.8 Å². The number of nitrogens with zero attached hydrogens (tertiary/aromatic N) is 6. The summed E-state index contributed by atoms with van der Waals surface area (Å²) < 4.78 is 21.0. The van der Waals surface area contributed by atoms with Gasteiger partial charge in [0, 0.05) is 42.6 Å².